The van der Waals surface area contributed by atoms with Crippen LogP contribution in [0, 0.1) is 5.82 Å². The van der Waals surface area contributed by atoms with E-state index in [-0.39, 0.29) is 11.7 Å². The molecule has 2 N–H and O–H groups in total. The van der Waals surface area contributed by atoms with E-state index in [9.17, 15) is 9.50 Å². The fourth-order valence-electron chi connectivity index (χ4n) is 1.95. The monoisotopic (exact) mass is 286 g/mol. The Hall–Kier alpha value is -2.47. The van der Waals surface area contributed by atoms with Gasteiger partial charge in [0.05, 0.1) is 11.4 Å². The van der Waals surface area contributed by atoms with Gasteiger partial charge in [-0.05, 0) is 42.5 Å². The Labute approximate surface area is 120 Å². The van der Waals surface area contributed by atoms with Crippen LogP contribution in [0.1, 0.15) is 11.1 Å². The van der Waals surface area contributed by atoms with E-state index >= 15 is 0 Å². The lowest BCUT2D eigenvalue weighted by Crippen LogP contribution is -2.17. The van der Waals surface area contributed by atoms with E-state index in [2.05, 4.69) is 15.6 Å². The second kappa shape index (κ2) is 4.90. The van der Waals surface area contributed by atoms with Crippen molar-refractivity contribution in [3.05, 3.63) is 59.5 Å². The standard InChI is InChI=1S/C14H9FN3OS/c15-10-3-1-8(2-4-10)12-13(18-14(20)17-12)9-5-6-16-11(19)7-9/h1-7H,(H,16,19)(H,18,20). The zero-order valence-electron chi connectivity index (χ0n) is 10.2. The Morgan fingerprint density at radius 2 is 1.85 bits per heavy atom. The first-order valence-electron chi connectivity index (χ1n) is 5.82. The summed E-state index contributed by atoms with van der Waals surface area (Å²) in [6, 6.07) is 9.22. The molecule has 1 aromatic carbocycles. The predicted molar refractivity (Wildman–Crippen MR) is 77.0 cm³/mol. The van der Waals surface area contributed by atoms with E-state index in [4.69, 9.17) is 12.2 Å². The van der Waals surface area contributed by atoms with Crippen molar-refractivity contribution in [3.8, 4) is 5.88 Å². The number of pyridine rings is 1. The number of thiocarbonyl (C=S) groups is 1. The first kappa shape index (κ1) is 12.6. The van der Waals surface area contributed by atoms with Crippen LogP contribution in [0.15, 0.2) is 42.6 Å². The zero-order valence-corrected chi connectivity index (χ0v) is 11.0. The minimum Gasteiger partial charge on any atom is -0.493 e. The molecule has 2 aromatic rings. The molecule has 0 bridgehead atoms. The maximum absolute atomic E-state index is 13.0. The highest BCUT2D eigenvalue weighted by Gasteiger charge is 2.22. The number of nitrogens with one attached hydrogen (secondary N) is 1. The molecule has 1 aliphatic rings. The van der Waals surface area contributed by atoms with Gasteiger partial charge in [0.25, 0.3) is 0 Å². The molecule has 99 valence electrons. The lowest BCUT2D eigenvalue weighted by atomic mass is 10.1. The number of halogens is 1. The molecule has 1 radical (unpaired) electrons. The molecule has 6 heteroatoms. The van der Waals surface area contributed by atoms with Crippen LogP contribution < -0.4 is 10.6 Å². The number of hydrogen-bond acceptors (Lipinski definition) is 3. The van der Waals surface area contributed by atoms with E-state index in [0.29, 0.717) is 22.1 Å². The second-order valence-electron chi connectivity index (χ2n) is 4.18. The smallest absolute Gasteiger partial charge is 0.211 e. The largest absolute Gasteiger partial charge is 0.493 e. The van der Waals surface area contributed by atoms with Gasteiger partial charge in [-0.3, -0.25) is 0 Å². The molecule has 0 saturated heterocycles. The molecule has 0 amide bonds. The first-order chi connectivity index (χ1) is 9.63. The van der Waals surface area contributed by atoms with Crippen LogP contribution in [0.3, 0.4) is 0 Å². The summed E-state index contributed by atoms with van der Waals surface area (Å²) in [6.45, 7) is 0. The molecular weight excluding hydrogens is 277 g/mol. The van der Waals surface area contributed by atoms with Gasteiger partial charge in [0.1, 0.15) is 5.82 Å². The van der Waals surface area contributed by atoms with Crippen molar-refractivity contribution in [2.75, 3.05) is 0 Å². The highest BCUT2D eigenvalue weighted by Crippen LogP contribution is 2.28. The minimum absolute atomic E-state index is 0.0897. The van der Waals surface area contributed by atoms with Gasteiger partial charge in [0.15, 0.2) is 5.11 Å². The number of nitrogens with zero attached hydrogens (tertiary/aromatic N) is 2. The average molecular weight is 286 g/mol. The van der Waals surface area contributed by atoms with Crippen molar-refractivity contribution in [1.29, 1.82) is 0 Å². The summed E-state index contributed by atoms with van der Waals surface area (Å²) in [5.74, 6) is -0.404. The van der Waals surface area contributed by atoms with Crippen molar-refractivity contribution in [1.82, 2.24) is 15.6 Å². The van der Waals surface area contributed by atoms with Gasteiger partial charge >= 0.3 is 0 Å². The SMILES string of the molecule is Oc1cc(C2=C(c3ccc(F)cc3)[N]C(=S)N2)ccn1. The summed E-state index contributed by atoms with van der Waals surface area (Å²) in [7, 11) is 0. The molecule has 20 heavy (non-hydrogen) atoms. The third-order valence-corrected chi connectivity index (χ3v) is 3.03. The zero-order chi connectivity index (χ0) is 14.1. The van der Waals surface area contributed by atoms with Crippen LogP contribution in [0.25, 0.3) is 11.4 Å². The third kappa shape index (κ3) is 2.33. The number of hydrogen-bond donors (Lipinski definition) is 2. The predicted octanol–water partition coefficient (Wildman–Crippen LogP) is 2.24. The average Bonchev–Trinajstić information content (AvgIpc) is 2.82. The lowest BCUT2D eigenvalue weighted by Gasteiger charge is -2.06. The third-order valence-electron chi connectivity index (χ3n) is 2.83. The number of rotatable bonds is 2. The molecule has 1 aliphatic heterocycles. The molecule has 4 nitrogen and oxygen atoms in total. The minimum atomic E-state index is -0.314. The normalized spacial score (nSPS) is 14.2. The van der Waals surface area contributed by atoms with E-state index in [1.807, 2.05) is 0 Å². The number of aromatic hydroxyl groups is 1. The van der Waals surface area contributed by atoms with E-state index in [1.165, 1.54) is 24.4 Å². The van der Waals surface area contributed by atoms with Gasteiger partial charge in [-0.2, -0.15) is 0 Å². The molecule has 2 heterocycles. The van der Waals surface area contributed by atoms with E-state index < -0.39 is 0 Å². The molecule has 0 atom stereocenters. The fraction of sp³-hybridized carbons (Fsp3) is 0. The summed E-state index contributed by atoms with van der Waals surface area (Å²) in [5, 5.41) is 17.0. The molecule has 1 aromatic heterocycles. The summed E-state index contributed by atoms with van der Waals surface area (Å²) >= 11 is 5.06. The second-order valence-corrected chi connectivity index (χ2v) is 4.56. The van der Waals surface area contributed by atoms with Crippen molar-refractivity contribution in [2.24, 2.45) is 0 Å². The summed E-state index contributed by atoms with van der Waals surface area (Å²) in [6.07, 6.45) is 1.49. The topological polar surface area (TPSA) is 59.2 Å². The van der Waals surface area contributed by atoms with Crippen LogP contribution in [0.4, 0.5) is 4.39 Å². The Bertz CT molecular complexity index is 713. The Morgan fingerprint density at radius 3 is 2.55 bits per heavy atom. The van der Waals surface area contributed by atoms with E-state index in [0.717, 1.165) is 5.56 Å². The van der Waals surface area contributed by atoms with Gasteiger partial charge in [-0.25, -0.2) is 14.7 Å². The van der Waals surface area contributed by atoms with Crippen LogP contribution in [-0.2, 0) is 0 Å². The molecule has 0 unspecified atom stereocenters. The van der Waals surface area contributed by atoms with Crippen molar-refractivity contribution < 1.29 is 9.50 Å². The highest BCUT2D eigenvalue weighted by atomic mass is 32.1. The van der Waals surface area contributed by atoms with Crippen LogP contribution >= 0.6 is 12.2 Å². The molecular formula is C14H9FN3OS. The van der Waals surface area contributed by atoms with Gasteiger partial charge in [-0.1, -0.05) is 0 Å². The van der Waals surface area contributed by atoms with Crippen molar-refractivity contribution in [3.63, 3.8) is 0 Å². The Morgan fingerprint density at radius 1 is 1.10 bits per heavy atom. The quantitative estimate of drug-likeness (QED) is 0.831. The highest BCUT2D eigenvalue weighted by molar-refractivity contribution is 7.80. The van der Waals surface area contributed by atoms with Crippen LogP contribution in [0.5, 0.6) is 5.88 Å². The van der Waals surface area contributed by atoms with Crippen molar-refractivity contribution in [2.45, 2.75) is 0 Å². The molecule has 0 fully saturated rings. The summed E-state index contributed by atoms with van der Waals surface area (Å²) < 4.78 is 13.0. The first-order valence-corrected chi connectivity index (χ1v) is 6.22. The fourth-order valence-corrected chi connectivity index (χ4v) is 2.14. The van der Waals surface area contributed by atoms with Gasteiger partial charge in [0, 0.05) is 23.4 Å². The van der Waals surface area contributed by atoms with Crippen molar-refractivity contribution >= 4 is 28.7 Å². The van der Waals surface area contributed by atoms with Gasteiger partial charge < -0.3 is 10.4 Å². The Balaban J connectivity index is 2.11. The maximum Gasteiger partial charge on any atom is 0.211 e. The number of benzene rings is 1. The molecule has 0 saturated carbocycles. The molecule has 3 rings (SSSR count). The number of aromatic nitrogens is 1. The maximum atomic E-state index is 13.0. The summed E-state index contributed by atoms with van der Waals surface area (Å²) in [5.41, 5.74) is 2.73. The van der Waals surface area contributed by atoms with Crippen LogP contribution in [0.2, 0.25) is 0 Å². The summed E-state index contributed by atoms with van der Waals surface area (Å²) in [4.78, 5) is 3.73. The van der Waals surface area contributed by atoms with Gasteiger partial charge in [0.2, 0.25) is 5.88 Å². The van der Waals surface area contributed by atoms with Crippen LogP contribution in [-0.4, -0.2) is 15.2 Å². The molecule has 0 spiro atoms. The molecule has 0 aliphatic carbocycles. The lowest BCUT2D eigenvalue weighted by molar-refractivity contribution is 0.453. The van der Waals surface area contributed by atoms with E-state index in [1.54, 1.807) is 18.2 Å². The van der Waals surface area contributed by atoms with Gasteiger partial charge in [-0.15, -0.1) is 0 Å². The Kier molecular flexibility index (Phi) is 3.08.